The first-order valence-electron chi connectivity index (χ1n) is 6.54. The van der Waals surface area contributed by atoms with E-state index in [0.717, 1.165) is 17.5 Å². The van der Waals surface area contributed by atoms with Gasteiger partial charge in [-0.05, 0) is 24.0 Å². The average molecular weight is 269 g/mol. The van der Waals surface area contributed by atoms with Crippen molar-refractivity contribution >= 4 is 5.91 Å². The van der Waals surface area contributed by atoms with Crippen LogP contribution in [0, 0.1) is 0 Å². The van der Waals surface area contributed by atoms with Crippen LogP contribution in [-0.4, -0.2) is 27.5 Å². The summed E-state index contributed by atoms with van der Waals surface area (Å²) in [6, 6.07) is 7.79. The van der Waals surface area contributed by atoms with Crippen LogP contribution >= 0.6 is 0 Å². The highest BCUT2D eigenvalue weighted by Gasteiger charge is 2.36. The molecule has 1 atom stereocenters. The maximum Gasteiger partial charge on any atom is 0.271 e. The van der Waals surface area contributed by atoms with Gasteiger partial charge in [-0.25, -0.2) is 4.98 Å². The quantitative estimate of drug-likeness (QED) is 0.873. The molecule has 0 radical (unpaired) electrons. The van der Waals surface area contributed by atoms with Crippen molar-refractivity contribution in [2.75, 3.05) is 6.54 Å². The summed E-state index contributed by atoms with van der Waals surface area (Å²) >= 11 is 0. The second-order valence-electron chi connectivity index (χ2n) is 4.96. The number of fused-ring (bicyclic) bond motifs is 1. The number of hydrogen-bond acceptors (Lipinski definition) is 4. The van der Waals surface area contributed by atoms with Crippen molar-refractivity contribution in [3.8, 4) is 0 Å². The molecule has 1 heterocycles. The molecule has 2 aromatic rings. The summed E-state index contributed by atoms with van der Waals surface area (Å²) < 4.78 is 0. The largest absolute Gasteiger partial charge is 0.383 e. The van der Waals surface area contributed by atoms with E-state index in [0.29, 0.717) is 6.42 Å². The van der Waals surface area contributed by atoms with E-state index in [1.165, 1.54) is 18.6 Å². The highest BCUT2D eigenvalue weighted by molar-refractivity contribution is 5.91. The van der Waals surface area contributed by atoms with Crippen LogP contribution in [0.4, 0.5) is 0 Å². The van der Waals surface area contributed by atoms with E-state index in [1.54, 1.807) is 0 Å². The molecular formula is C15H15N3O2. The first-order valence-corrected chi connectivity index (χ1v) is 6.54. The van der Waals surface area contributed by atoms with Crippen molar-refractivity contribution < 1.29 is 9.90 Å². The zero-order valence-corrected chi connectivity index (χ0v) is 10.9. The van der Waals surface area contributed by atoms with Gasteiger partial charge in [0.25, 0.3) is 5.91 Å². The number of rotatable bonds is 3. The Hall–Kier alpha value is -2.27. The van der Waals surface area contributed by atoms with E-state index >= 15 is 0 Å². The van der Waals surface area contributed by atoms with Crippen LogP contribution in [0.5, 0.6) is 0 Å². The Morgan fingerprint density at radius 1 is 1.35 bits per heavy atom. The van der Waals surface area contributed by atoms with Crippen LogP contribution in [0.2, 0.25) is 0 Å². The number of hydrogen-bond donors (Lipinski definition) is 2. The van der Waals surface area contributed by atoms with Crippen LogP contribution in [0.3, 0.4) is 0 Å². The van der Waals surface area contributed by atoms with Gasteiger partial charge >= 0.3 is 0 Å². The molecule has 0 aliphatic heterocycles. The lowest BCUT2D eigenvalue weighted by Crippen LogP contribution is -2.39. The first kappa shape index (κ1) is 12.7. The molecule has 20 heavy (non-hydrogen) atoms. The molecule has 0 unspecified atom stereocenters. The molecule has 0 saturated carbocycles. The number of nitrogens with one attached hydrogen (secondary N) is 1. The molecule has 0 bridgehead atoms. The van der Waals surface area contributed by atoms with Crippen LogP contribution < -0.4 is 5.32 Å². The van der Waals surface area contributed by atoms with Gasteiger partial charge < -0.3 is 10.4 Å². The molecule has 5 nitrogen and oxygen atoms in total. The Balaban J connectivity index is 1.72. The molecule has 5 heteroatoms. The van der Waals surface area contributed by atoms with Gasteiger partial charge in [0.05, 0.1) is 12.7 Å². The summed E-state index contributed by atoms with van der Waals surface area (Å²) in [6.07, 6.45) is 5.83. The standard InChI is InChI=1S/C15H15N3O2/c19-14(13-9-16-7-8-17-13)18-10-15(20)6-5-11-3-1-2-4-12(11)15/h1-4,7-9,20H,5-6,10H2,(H,18,19)/t15-/m1/s1. The summed E-state index contributed by atoms with van der Waals surface area (Å²) in [6.45, 7) is 0.180. The number of nitrogens with zero attached hydrogens (tertiary/aromatic N) is 2. The molecule has 1 aromatic heterocycles. The molecule has 2 N–H and O–H groups in total. The van der Waals surface area contributed by atoms with Crippen molar-refractivity contribution in [1.82, 2.24) is 15.3 Å². The van der Waals surface area contributed by atoms with Crippen molar-refractivity contribution in [2.24, 2.45) is 0 Å². The van der Waals surface area contributed by atoms with Gasteiger partial charge in [0.1, 0.15) is 11.3 Å². The minimum atomic E-state index is -0.992. The average Bonchev–Trinajstić information content (AvgIpc) is 2.84. The molecule has 0 saturated heterocycles. The molecule has 1 aliphatic carbocycles. The fourth-order valence-corrected chi connectivity index (χ4v) is 2.59. The fourth-order valence-electron chi connectivity index (χ4n) is 2.59. The molecular weight excluding hydrogens is 254 g/mol. The molecule has 1 aliphatic rings. The SMILES string of the molecule is O=C(NC[C@]1(O)CCc2ccccc21)c1cnccn1. The third-order valence-electron chi connectivity index (χ3n) is 3.66. The third-order valence-corrected chi connectivity index (χ3v) is 3.66. The van der Waals surface area contributed by atoms with E-state index < -0.39 is 5.60 Å². The molecule has 0 spiro atoms. The van der Waals surface area contributed by atoms with Crippen LogP contribution in [0.25, 0.3) is 0 Å². The van der Waals surface area contributed by atoms with E-state index in [4.69, 9.17) is 0 Å². The topological polar surface area (TPSA) is 75.1 Å². The Labute approximate surface area is 116 Å². The smallest absolute Gasteiger partial charge is 0.271 e. The van der Waals surface area contributed by atoms with Crippen LogP contribution in [0.1, 0.15) is 28.0 Å². The number of carbonyl (C=O) groups is 1. The number of aromatic nitrogens is 2. The molecule has 0 fully saturated rings. The Bertz CT molecular complexity index is 630. The summed E-state index contributed by atoms with van der Waals surface area (Å²) in [7, 11) is 0. The lowest BCUT2D eigenvalue weighted by atomic mass is 9.96. The monoisotopic (exact) mass is 269 g/mol. The molecule has 1 amide bonds. The van der Waals surface area contributed by atoms with Gasteiger partial charge in [-0.2, -0.15) is 0 Å². The number of aliphatic hydroxyl groups is 1. The summed E-state index contributed by atoms with van der Waals surface area (Å²) in [5, 5.41) is 13.4. The van der Waals surface area contributed by atoms with E-state index in [2.05, 4.69) is 15.3 Å². The van der Waals surface area contributed by atoms with Crippen LogP contribution in [0.15, 0.2) is 42.9 Å². The van der Waals surface area contributed by atoms with Gasteiger partial charge in [0.15, 0.2) is 0 Å². The minimum Gasteiger partial charge on any atom is -0.383 e. The van der Waals surface area contributed by atoms with Crippen LogP contribution in [-0.2, 0) is 12.0 Å². The number of amides is 1. The molecule has 1 aromatic carbocycles. The van der Waals surface area contributed by atoms with E-state index in [9.17, 15) is 9.90 Å². The van der Waals surface area contributed by atoms with Crippen molar-refractivity contribution in [2.45, 2.75) is 18.4 Å². The minimum absolute atomic E-state index is 0.180. The van der Waals surface area contributed by atoms with Crippen molar-refractivity contribution in [3.05, 3.63) is 59.7 Å². The van der Waals surface area contributed by atoms with Gasteiger partial charge in [0.2, 0.25) is 0 Å². The summed E-state index contributed by atoms with van der Waals surface area (Å²) in [4.78, 5) is 19.7. The number of benzene rings is 1. The van der Waals surface area contributed by atoms with Crippen molar-refractivity contribution in [1.29, 1.82) is 0 Å². The van der Waals surface area contributed by atoms with E-state index in [-0.39, 0.29) is 18.1 Å². The van der Waals surface area contributed by atoms with Gasteiger partial charge in [-0.1, -0.05) is 24.3 Å². The second-order valence-corrected chi connectivity index (χ2v) is 4.96. The highest BCUT2D eigenvalue weighted by Crippen LogP contribution is 2.36. The zero-order valence-electron chi connectivity index (χ0n) is 10.9. The molecule has 102 valence electrons. The lowest BCUT2D eigenvalue weighted by molar-refractivity contribution is 0.0368. The normalized spacial score (nSPS) is 20.4. The Morgan fingerprint density at radius 2 is 2.20 bits per heavy atom. The maximum absolute atomic E-state index is 11.9. The van der Waals surface area contributed by atoms with Gasteiger partial charge in [-0.15, -0.1) is 0 Å². The van der Waals surface area contributed by atoms with E-state index in [1.807, 2.05) is 24.3 Å². The fraction of sp³-hybridized carbons (Fsp3) is 0.267. The van der Waals surface area contributed by atoms with Gasteiger partial charge in [0, 0.05) is 12.4 Å². The highest BCUT2D eigenvalue weighted by atomic mass is 16.3. The van der Waals surface area contributed by atoms with Crippen molar-refractivity contribution in [3.63, 3.8) is 0 Å². The summed E-state index contributed by atoms with van der Waals surface area (Å²) in [5.74, 6) is -0.323. The molecule has 3 rings (SSSR count). The third kappa shape index (κ3) is 2.28. The zero-order chi connectivity index (χ0) is 14.0. The Kier molecular flexibility index (Phi) is 3.20. The maximum atomic E-state index is 11.9. The predicted octanol–water partition coefficient (Wildman–Crippen LogP) is 1.04. The lowest BCUT2D eigenvalue weighted by Gasteiger charge is -2.24. The Morgan fingerprint density at radius 3 is 3.00 bits per heavy atom. The number of aryl methyl sites for hydroxylation is 1. The summed E-state index contributed by atoms with van der Waals surface area (Å²) in [5.41, 5.74) is 1.31. The number of carbonyl (C=O) groups excluding carboxylic acids is 1. The second kappa shape index (κ2) is 5.02. The first-order chi connectivity index (χ1) is 9.69. The predicted molar refractivity (Wildman–Crippen MR) is 73.0 cm³/mol. The van der Waals surface area contributed by atoms with Gasteiger partial charge in [-0.3, -0.25) is 9.78 Å².